The summed E-state index contributed by atoms with van der Waals surface area (Å²) in [6.07, 6.45) is -3.41. The first-order chi connectivity index (χ1) is 22.2. The van der Waals surface area contributed by atoms with Crippen molar-refractivity contribution in [3.63, 3.8) is 0 Å². The number of anilines is 3. The van der Waals surface area contributed by atoms with Gasteiger partial charge in [-0.3, -0.25) is 4.79 Å². The van der Waals surface area contributed by atoms with Gasteiger partial charge < -0.3 is 26.0 Å². The van der Waals surface area contributed by atoms with Crippen LogP contribution in [0.1, 0.15) is 25.0 Å². The summed E-state index contributed by atoms with van der Waals surface area (Å²) in [6, 6.07) is 23.6. The molecule has 4 N–H and O–H groups in total. The minimum absolute atomic E-state index is 0.167. The van der Waals surface area contributed by atoms with Crippen molar-refractivity contribution in [1.29, 1.82) is 0 Å². The smallest absolute Gasteiger partial charge is 0.475 e. The van der Waals surface area contributed by atoms with E-state index in [0.29, 0.717) is 17.1 Å². The lowest BCUT2D eigenvalue weighted by molar-refractivity contribution is -0.192. The van der Waals surface area contributed by atoms with Crippen LogP contribution in [0.25, 0.3) is 11.1 Å². The standard InChI is InChI=1S/C31H33ClN6O2.C2HF3O2/c1-20-17-37(18-21(2)34-20)28-16-33-38(30(39)29(28)32)19-25-10-7-11-27(22(25)3)36-31(40)35-26-14-12-24(13-15-26)23-8-5-4-6-9-23;3-2(4,5)1(6)7/h4-16,20-21,34H,17-19H2,1-3H3,(H2,35,36,40);(H,6,7)/t20-,21+;. The van der Waals surface area contributed by atoms with Gasteiger partial charge in [-0.05, 0) is 61.2 Å². The Labute approximate surface area is 274 Å². The third-order valence-corrected chi connectivity index (χ3v) is 7.73. The zero-order valence-corrected chi connectivity index (χ0v) is 26.6. The third-order valence-electron chi connectivity index (χ3n) is 7.37. The zero-order chi connectivity index (χ0) is 34.3. The van der Waals surface area contributed by atoms with Crippen molar-refractivity contribution in [2.75, 3.05) is 28.6 Å². The molecule has 2 heterocycles. The lowest BCUT2D eigenvalue weighted by atomic mass is 10.1. The summed E-state index contributed by atoms with van der Waals surface area (Å²) in [5.74, 6) is -2.76. The number of hydrogen-bond donors (Lipinski definition) is 4. The number of carbonyl (C=O) groups is 2. The molecule has 1 aromatic heterocycles. The number of piperazine rings is 1. The van der Waals surface area contributed by atoms with Crippen LogP contribution >= 0.6 is 11.6 Å². The fraction of sp³-hybridized carbons (Fsp3) is 0.273. The Morgan fingerprint density at radius 3 is 2.15 bits per heavy atom. The molecule has 0 bridgehead atoms. The van der Waals surface area contributed by atoms with E-state index in [0.717, 1.165) is 35.3 Å². The first kappa shape index (κ1) is 35.0. The molecule has 47 heavy (non-hydrogen) atoms. The second-order valence-electron chi connectivity index (χ2n) is 11.1. The topological polar surface area (TPSA) is 129 Å². The molecule has 0 radical (unpaired) electrons. The van der Waals surface area contributed by atoms with E-state index in [2.05, 4.69) is 39.8 Å². The molecule has 10 nitrogen and oxygen atoms in total. The van der Waals surface area contributed by atoms with Crippen LogP contribution in [0.2, 0.25) is 5.02 Å². The van der Waals surface area contributed by atoms with Crippen molar-refractivity contribution in [3.8, 4) is 11.1 Å². The molecule has 0 saturated carbocycles. The van der Waals surface area contributed by atoms with Gasteiger partial charge in [0.05, 0.1) is 18.4 Å². The van der Waals surface area contributed by atoms with Crippen LogP contribution in [0, 0.1) is 6.92 Å². The Morgan fingerprint density at radius 2 is 1.55 bits per heavy atom. The highest BCUT2D eigenvalue weighted by Crippen LogP contribution is 2.25. The maximum atomic E-state index is 13.1. The zero-order valence-electron chi connectivity index (χ0n) is 25.8. The highest BCUT2D eigenvalue weighted by atomic mass is 35.5. The van der Waals surface area contributed by atoms with Crippen molar-refractivity contribution >= 4 is 40.7 Å². The maximum absolute atomic E-state index is 13.1. The van der Waals surface area contributed by atoms with Gasteiger partial charge in [-0.1, -0.05) is 66.2 Å². The van der Waals surface area contributed by atoms with Crippen LogP contribution in [0.3, 0.4) is 0 Å². The minimum atomic E-state index is -5.08. The molecule has 0 aliphatic carbocycles. The summed E-state index contributed by atoms with van der Waals surface area (Å²) in [6.45, 7) is 7.86. The number of carboxylic acids is 1. The van der Waals surface area contributed by atoms with E-state index < -0.39 is 12.1 Å². The molecule has 2 amide bonds. The number of amides is 2. The van der Waals surface area contributed by atoms with E-state index in [1.165, 1.54) is 4.68 Å². The Kier molecular flexibility index (Phi) is 11.3. The maximum Gasteiger partial charge on any atom is 0.490 e. The number of aliphatic carboxylic acids is 1. The first-order valence-electron chi connectivity index (χ1n) is 14.6. The van der Waals surface area contributed by atoms with Gasteiger partial charge in [0.1, 0.15) is 5.02 Å². The number of benzene rings is 3. The number of carbonyl (C=O) groups excluding carboxylic acids is 1. The van der Waals surface area contributed by atoms with Crippen molar-refractivity contribution in [1.82, 2.24) is 15.1 Å². The Balaban J connectivity index is 0.000000644. The number of urea groups is 1. The molecule has 1 fully saturated rings. The van der Waals surface area contributed by atoms with Gasteiger partial charge in [-0.2, -0.15) is 18.3 Å². The van der Waals surface area contributed by atoms with E-state index >= 15 is 0 Å². The van der Waals surface area contributed by atoms with Crippen LogP contribution < -0.4 is 26.4 Å². The van der Waals surface area contributed by atoms with Crippen molar-refractivity contribution in [3.05, 3.63) is 105 Å². The van der Waals surface area contributed by atoms with E-state index in [9.17, 15) is 22.8 Å². The fourth-order valence-corrected chi connectivity index (χ4v) is 5.39. The van der Waals surface area contributed by atoms with Crippen LogP contribution in [0.4, 0.5) is 35.0 Å². The largest absolute Gasteiger partial charge is 0.490 e. The molecule has 4 aromatic rings. The quantitative estimate of drug-likeness (QED) is 0.187. The summed E-state index contributed by atoms with van der Waals surface area (Å²) < 4.78 is 33.1. The molecule has 1 aliphatic rings. The second kappa shape index (κ2) is 15.1. The number of nitrogens with one attached hydrogen (secondary N) is 3. The number of alkyl halides is 3. The number of nitrogens with zero attached hydrogens (tertiary/aromatic N) is 3. The second-order valence-corrected chi connectivity index (χ2v) is 11.5. The summed E-state index contributed by atoms with van der Waals surface area (Å²) in [5.41, 5.74) is 5.53. The highest BCUT2D eigenvalue weighted by Gasteiger charge is 2.38. The molecular formula is C33H34ClF3N6O4. The van der Waals surface area contributed by atoms with Crippen LogP contribution in [-0.2, 0) is 11.3 Å². The van der Waals surface area contributed by atoms with Crippen molar-refractivity contribution < 1.29 is 27.9 Å². The summed E-state index contributed by atoms with van der Waals surface area (Å²) in [7, 11) is 0. The van der Waals surface area contributed by atoms with Gasteiger partial charge in [0.25, 0.3) is 5.56 Å². The van der Waals surface area contributed by atoms with E-state index in [4.69, 9.17) is 21.5 Å². The summed E-state index contributed by atoms with van der Waals surface area (Å²) >= 11 is 6.55. The summed E-state index contributed by atoms with van der Waals surface area (Å²) in [5, 5.41) is 21.0. The molecule has 1 saturated heterocycles. The number of carboxylic acid groups (broad SMARTS) is 1. The lowest BCUT2D eigenvalue weighted by Crippen LogP contribution is -2.54. The molecule has 0 spiro atoms. The van der Waals surface area contributed by atoms with Gasteiger partial charge in [-0.15, -0.1) is 0 Å². The molecule has 1 aliphatic heterocycles. The van der Waals surface area contributed by atoms with Crippen LogP contribution in [-0.4, -0.2) is 58.2 Å². The Bertz CT molecular complexity index is 1760. The average Bonchev–Trinajstić information content (AvgIpc) is 3.01. The number of halogens is 4. The molecule has 5 rings (SSSR count). The number of hydrogen-bond acceptors (Lipinski definition) is 6. The monoisotopic (exact) mass is 670 g/mol. The van der Waals surface area contributed by atoms with Crippen molar-refractivity contribution in [2.45, 2.75) is 45.6 Å². The molecule has 14 heteroatoms. The molecule has 3 aromatic carbocycles. The normalized spacial score (nSPS) is 16.1. The van der Waals surface area contributed by atoms with E-state index in [-0.39, 0.29) is 35.2 Å². The van der Waals surface area contributed by atoms with E-state index in [1.54, 1.807) is 6.20 Å². The van der Waals surface area contributed by atoms with Gasteiger partial charge in [-0.25, -0.2) is 14.3 Å². The SMILES string of the molecule is Cc1c(Cn2ncc(N3C[C@@H](C)N[C@@H](C)C3)c(Cl)c2=O)cccc1NC(=O)Nc1ccc(-c2ccccc2)cc1.O=C(O)C(F)(F)F. The Hall–Kier alpha value is -4.88. The van der Waals surface area contributed by atoms with Crippen LogP contribution in [0.15, 0.2) is 83.8 Å². The van der Waals surface area contributed by atoms with Gasteiger partial charge >= 0.3 is 18.2 Å². The predicted molar refractivity (Wildman–Crippen MR) is 176 cm³/mol. The minimum Gasteiger partial charge on any atom is -0.475 e. The van der Waals surface area contributed by atoms with Crippen molar-refractivity contribution in [2.24, 2.45) is 0 Å². The van der Waals surface area contributed by atoms with E-state index in [1.807, 2.05) is 79.7 Å². The summed E-state index contributed by atoms with van der Waals surface area (Å²) in [4.78, 5) is 36.9. The predicted octanol–water partition coefficient (Wildman–Crippen LogP) is 6.38. The molecule has 2 atom stereocenters. The number of aromatic nitrogens is 2. The molecular weight excluding hydrogens is 637 g/mol. The van der Waals surface area contributed by atoms with Gasteiger partial charge in [0, 0.05) is 36.5 Å². The van der Waals surface area contributed by atoms with Gasteiger partial charge in [0.15, 0.2) is 0 Å². The highest BCUT2D eigenvalue weighted by molar-refractivity contribution is 6.33. The number of rotatable bonds is 6. The first-order valence-corrected chi connectivity index (χ1v) is 15.0. The lowest BCUT2D eigenvalue weighted by Gasteiger charge is -2.37. The van der Waals surface area contributed by atoms with Crippen LogP contribution in [0.5, 0.6) is 0 Å². The molecule has 248 valence electrons. The third kappa shape index (κ3) is 9.33. The fourth-order valence-electron chi connectivity index (χ4n) is 5.13. The molecule has 0 unspecified atom stereocenters. The Morgan fingerprint density at radius 1 is 0.957 bits per heavy atom. The average molecular weight is 671 g/mol. The van der Waals surface area contributed by atoms with Gasteiger partial charge in [0.2, 0.25) is 0 Å².